The SMILES string of the molecule is CC(=O)c1ccc(S(=O)(=O)N2CC(CO)C2)cc1. The second-order valence-corrected chi connectivity index (χ2v) is 6.39. The summed E-state index contributed by atoms with van der Waals surface area (Å²) in [6, 6.07) is 5.91. The highest BCUT2D eigenvalue weighted by Gasteiger charge is 2.36. The summed E-state index contributed by atoms with van der Waals surface area (Å²) in [5.41, 5.74) is 0.491. The average molecular weight is 269 g/mol. The molecule has 0 radical (unpaired) electrons. The Hall–Kier alpha value is -1.24. The lowest BCUT2D eigenvalue weighted by molar-refractivity contribution is 0.101. The molecule has 1 fully saturated rings. The number of benzene rings is 1. The van der Waals surface area contributed by atoms with Crippen LogP contribution in [0.15, 0.2) is 29.2 Å². The molecule has 2 rings (SSSR count). The molecule has 1 saturated heterocycles. The van der Waals surface area contributed by atoms with Crippen LogP contribution in [0.5, 0.6) is 0 Å². The van der Waals surface area contributed by atoms with Crippen LogP contribution in [0.1, 0.15) is 17.3 Å². The minimum Gasteiger partial charge on any atom is -0.396 e. The Balaban J connectivity index is 2.18. The molecule has 0 unspecified atom stereocenters. The lowest BCUT2D eigenvalue weighted by atomic mass is 10.1. The molecule has 0 saturated carbocycles. The maximum Gasteiger partial charge on any atom is 0.243 e. The van der Waals surface area contributed by atoms with Gasteiger partial charge in [-0.1, -0.05) is 12.1 Å². The number of aliphatic hydroxyl groups is 1. The van der Waals surface area contributed by atoms with Gasteiger partial charge >= 0.3 is 0 Å². The van der Waals surface area contributed by atoms with Crippen LogP contribution in [0.2, 0.25) is 0 Å². The minimum absolute atomic E-state index is 0.00922. The number of ketones is 1. The highest BCUT2D eigenvalue weighted by atomic mass is 32.2. The van der Waals surface area contributed by atoms with Gasteiger partial charge in [0, 0.05) is 31.2 Å². The van der Waals surface area contributed by atoms with Crippen LogP contribution in [-0.4, -0.2) is 43.3 Å². The smallest absolute Gasteiger partial charge is 0.243 e. The van der Waals surface area contributed by atoms with Gasteiger partial charge in [0.1, 0.15) is 0 Å². The topological polar surface area (TPSA) is 74.7 Å². The van der Waals surface area contributed by atoms with Crippen molar-refractivity contribution < 1.29 is 18.3 Å². The molecule has 18 heavy (non-hydrogen) atoms. The van der Waals surface area contributed by atoms with Crippen molar-refractivity contribution in [3.8, 4) is 0 Å². The first-order chi connectivity index (χ1) is 8.45. The molecule has 1 aliphatic rings. The lowest BCUT2D eigenvalue weighted by Gasteiger charge is -2.36. The largest absolute Gasteiger partial charge is 0.396 e. The monoisotopic (exact) mass is 269 g/mol. The van der Waals surface area contributed by atoms with Gasteiger partial charge in [-0.15, -0.1) is 0 Å². The summed E-state index contributed by atoms with van der Waals surface area (Å²) in [4.78, 5) is 11.3. The number of hydrogen-bond acceptors (Lipinski definition) is 4. The van der Waals surface area contributed by atoms with Crippen molar-refractivity contribution in [1.29, 1.82) is 0 Å². The quantitative estimate of drug-likeness (QED) is 0.808. The van der Waals surface area contributed by atoms with Crippen LogP contribution >= 0.6 is 0 Å². The van der Waals surface area contributed by atoms with Crippen molar-refractivity contribution in [2.45, 2.75) is 11.8 Å². The molecule has 98 valence electrons. The van der Waals surface area contributed by atoms with Gasteiger partial charge in [0.25, 0.3) is 0 Å². The summed E-state index contributed by atoms with van der Waals surface area (Å²) in [6.45, 7) is 2.15. The fraction of sp³-hybridized carbons (Fsp3) is 0.417. The van der Waals surface area contributed by atoms with Crippen molar-refractivity contribution in [1.82, 2.24) is 4.31 Å². The fourth-order valence-electron chi connectivity index (χ4n) is 1.84. The zero-order valence-corrected chi connectivity index (χ0v) is 10.9. The highest BCUT2D eigenvalue weighted by Crippen LogP contribution is 2.24. The third kappa shape index (κ3) is 2.31. The van der Waals surface area contributed by atoms with Crippen LogP contribution in [0, 0.1) is 5.92 Å². The molecule has 6 heteroatoms. The molecule has 0 bridgehead atoms. The van der Waals surface area contributed by atoms with E-state index in [1.807, 2.05) is 0 Å². The van der Waals surface area contributed by atoms with Crippen LogP contribution in [-0.2, 0) is 10.0 Å². The molecule has 1 heterocycles. The number of aliphatic hydroxyl groups excluding tert-OH is 1. The number of hydrogen-bond donors (Lipinski definition) is 1. The Bertz CT molecular complexity index is 544. The second kappa shape index (κ2) is 4.79. The summed E-state index contributed by atoms with van der Waals surface area (Å²) in [5.74, 6) is -0.0560. The molecule has 0 atom stereocenters. The van der Waals surface area contributed by atoms with Gasteiger partial charge in [0.2, 0.25) is 10.0 Å². The summed E-state index contributed by atoms with van der Waals surface area (Å²) >= 11 is 0. The van der Waals surface area contributed by atoms with E-state index in [0.717, 1.165) is 0 Å². The van der Waals surface area contributed by atoms with Crippen molar-refractivity contribution >= 4 is 15.8 Å². The Morgan fingerprint density at radius 2 is 1.89 bits per heavy atom. The molecule has 0 aromatic heterocycles. The first-order valence-electron chi connectivity index (χ1n) is 5.67. The molecule has 1 N–H and O–H groups in total. The Labute approximate surface area is 106 Å². The van der Waals surface area contributed by atoms with E-state index in [-0.39, 0.29) is 23.2 Å². The van der Waals surface area contributed by atoms with Crippen LogP contribution in [0.25, 0.3) is 0 Å². The van der Waals surface area contributed by atoms with E-state index in [0.29, 0.717) is 18.7 Å². The molecular formula is C12H15NO4S. The van der Waals surface area contributed by atoms with Gasteiger partial charge in [-0.25, -0.2) is 8.42 Å². The van der Waals surface area contributed by atoms with Gasteiger partial charge in [-0.05, 0) is 19.1 Å². The first-order valence-corrected chi connectivity index (χ1v) is 7.11. The Morgan fingerprint density at radius 1 is 1.33 bits per heavy atom. The van der Waals surface area contributed by atoms with Gasteiger partial charge in [-0.3, -0.25) is 4.79 Å². The third-order valence-corrected chi connectivity index (χ3v) is 4.93. The van der Waals surface area contributed by atoms with Gasteiger partial charge < -0.3 is 5.11 Å². The fourth-order valence-corrected chi connectivity index (χ4v) is 3.44. The maximum absolute atomic E-state index is 12.1. The normalized spacial score (nSPS) is 17.4. The second-order valence-electron chi connectivity index (χ2n) is 4.45. The van der Waals surface area contributed by atoms with Gasteiger partial charge in [0.15, 0.2) is 5.78 Å². The molecule has 0 amide bonds. The standard InChI is InChI=1S/C12H15NO4S/c1-9(15)11-2-4-12(5-3-11)18(16,17)13-6-10(7-13)8-14/h2-5,10,14H,6-8H2,1H3. The van der Waals surface area contributed by atoms with E-state index in [4.69, 9.17) is 5.11 Å². The van der Waals surface area contributed by atoms with Crippen LogP contribution in [0.3, 0.4) is 0 Å². The zero-order valence-electron chi connectivity index (χ0n) is 10.0. The van der Waals surface area contributed by atoms with Gasteiger partial charge in [0.05, 0.1) is 4.90 Å². The van der Waals surface area contributed by atoms with E-state index in [2.05, 4.69) is 0 Å². The lowest BCUT2D eigenvalue weighted by Crippen LogP contribution is -2.51. The molecular weight excluding hydrogens is 254 g/mol. The number of carbonyl (C=O) groups is 1. The number of rotatable bonds is 4. The van der Waals surface area contributed by atoms with Crippen molar-refractivity contribution in [2.24, 2.45) is 5.92 Å². The summed E-state index contributed by atoms with van der Waals surface area (Å²) < 4.78 is 25.6. The molecule has 1 aliphatic heterocycles. The predicted octanol–water partition coefficient (Wildman–Crippen LogP) is 0.502. The number of Topliss-reactive ketones (excluding diaryl/α,β-unsaturated/α-hetero) is 1. The van der Waals surface area contributed by atoms with E-state index in [1.54, 1.807) is 0 Å². The van der Waals surface area contributed by atoms with E-state index in [1.165, 1.54) is 35.5 Å². The van der Waals surface area contributed by atoms with E-state index < -0.39 is 10.0 Å². The minimum atomic E-state index is -3.48. The van der Waals surface area contributed by atoms with E-state index in [9.17, 15) is 13.2 Å². The number of carbonyl (C=O) groups excluding carboxylic acids is 1. The first kappa shape index (κ1) is 13.2. The summed E-state index contributed by atoms with van der Waals surface area (Å²) in [5, 5.41) is 8.88. The number of nitrogens with zero attached hydrogens (tertiary/aromatic N) is 1. The van der Waals surface area contributed by atoms with Crippen LogP contribution in [0.4, 0.5) is 0 Å². The molecule has 5 nitrogen and oxygen atoms in total. The van der Waals surface area contributed by atoms with E-state index >= 15 is 0 Å². The number of sulfonamides is 1. The van der Waals surface area contributed by atoms with Crippen LogP contribution < -0.4 is 0 Å². The molecule has 1 aromatic rings. The molecule has 0 spiro atoms. The maximum atomic E-state index is 12.1. The summed E-state index contributed by atoms with van der Waals surface area (Å²) in [6.07, 6.45) is 0. The predicted molar refractivity (Wildman–Crippen MR) is 65.8 cm³/mol. The van der Waals surface area contributed by atoms with Crippen molar-refractivity contribution in [2.75, 3.05) is 19.7 Å². The van der Waals surface area contributed by atoms with Gasteiger partial charge in [-0.2, -0.15) is 4.31 Å². The highest BCUT2D eigenvalue weighted by molar-refractivity contribution is 7.89. The zero-order chi connectivity index (χ0) is 13.3. The van der Waals surface area contributed by atoms with Crippen molar-refractivity contribution in [3.63, 3.8) is 0 Å². The van der Waals surface area contributed by atoms with Crippen molar-refractivity contribution in [3.05, 3.63) is 29.8 Å². The Kier molecular flexibility index (Phi) is 3.52. The molecule has 1 aromatic carbocycles. The summed E-state index contributed by atoms with van der Waals surface area (Å²) in [7, 11) is -3.48. The Morgan fingerprint density at radius 3 is 2.33 bits per heavy atom. The average Bonchev–Trinajstić information content (AvgIpc) is 2.27. The third-order valence-electron chi connectivity index (χ3n) is 3.08. The molecule has 0 aliphatic carbocycles.